The van der Waals surface area contributed by atoms with Gasteiger partial charge in [-0.1, -0.05) is 36.4 Å². The SMILES string of the molecule is Cc1c(-c2ccc3cnc(Nc4ccc(CC(=O)N5CCN(C6CN(c7ccc(C8CCC(=O)NC8=O)cc7)C6)CC5)cc4)nc3c2)cnc2c1NCCO2. The fourth-order valence-electron chi connectivity index (χ4n) is 8.05. The van der Waals surface area contributed by atoms with Gasteiger partial charge in [-0.05, 0) is 65.9 Å². The maximum absolute atomic E-state index is 13.3. The summed E-state index contributed by atoms with van der Waals surface area (Å²) in [4.78, 5) is 57.7. The second kappa shape index (κ2) is 14.6. The van der Waals surface area contributed by atoms with Gasteiger partial charge in [0.05, 0.1) is 17.9 Å². The van der Waals surface area contributed by atoms with Crippen LogP contribution in [-0.4, -0.2) is 101 Å². The number of piperidine rings is 1. The number of hydrogen-bond donors (Lipinski definition) is 3. The quantitative estimate of drug-likeness (QED) is 0.192. The molecule has 3 N–H and O–H groups in total. The van der Waals surface area contributed by atoms with Crippen LogP contribution in [0.1, 0.15) is 35.4 Å². The van der Waals surface area contributed by atoms with E-state index in [-0.39, 0.29) is 23.6 Å². The minimum Gasteiger partial charge on any atom is -0.474 e. The standard InChI is InChI=1S/C42H43N9O4/c1-26-35(23-44-41-39(26)43-14-19-55-41)29-4-5-30-22-45-42(47-36(30)21-29)46-31-8-2-27(3-9-31)20-38(53)50-17-15-49(16-18-50)33-24-51(25-33)32-10-6-28(7-11-32)34-12-13-37(52)48-40(34)54/h2-11,21-23,33-34,43H,12-20,24-25H2,1H3,(H,45,46,47)(H,48,52,54). The van der Waals surface area contributed by atoms with Crippen molar-refractivity contribution >= 4 is 51.6 Å². The lowest BCUT2D eigenvalue weighted by Gasteiger charge is -2.49. The highest BCUT2D eigenvalue weighted by Gasteiger charge is 2.35. The number of fused-ring (bicyclic) bond motifs is 2. The third-order valence-corrected chi connectivity index (χ3v) is 11.4. The Balaban J connectivity index is 0.750. The van der Waals surface area contributed by atoms with Crippen molar-refractivity contribution in [3.8, 4) is 17.0 Å². The van der Waals surface area contributed by atoms with Gasteiger partial charge in [0.1, 0.15) is 12.3 Å². The molecule has 6 heterocycles. The van der Waals surface area contributed by atoms with Crippen LogP contribution in [0.25, 0.3) is 22.0 Å². The number of hydrogen-bond acceptors (Lipinski definition) is 11. The maximum Gasteiger partial charge on any atom is 0.237 e. The predicted molar refractivity (Wildman–Crippen MR) is 211 cm³/mol. The molecule has 280 valence electrons. The summed E-state index contributed by atoms with van der Waals surface area (Å²) < 4.78 is 5.70. The van der Waals surface area contributed by atoms with Crippen molar-refractivity contribution in [3.05, 3.63) is 95.8 Å². The summed E-state index contributed by atoms with van der Waals surface area (Å²) >= 11 is 0. The molecule has 13 heteroatoms. The number of amides is 3. The van der Waals surface area contributed by atoms with Crippen molar-refractivity contribution in [2.75, 3.05) is 68.0 Å². The molecule has 3 saturated heterocycles. The third kappa shape index (κ3) is 7.15. The highest BCUT2D eigenvalue weighted by Crippen LogP contribution is 2.36. The number of carbonyl (C=O) groups is 3. The summed E-state index contributed by atoms with van der Waals surface area (Å²) in [6, 6.07) is 22.7. The molecular formula is C42H43N9O4. The summed E-state index contributed by atoms with van der Waals surface area (Å²) in [6.45, 7) is 8.51. The van der Waals surface area contributed by atoms with E-state index in [0.29, 0.717) is 43.7 Å². The number of anilines is 4. The first kappa shape index (κ1) is 34.7. The topological polar surface area (TPSA) is 145 Å². The number of ether oxygens (including phenoxy) is 1. The van der Waals surface area contributed by atoms with E-state index in [1.807, 2.05) is 59.8 Å². The van der Waals surface area contributed by atoms with E-state index in [1.165, 1.54) is 0 Å². The van der Waals surface area contributed by atoms with Crippen LogP contribution in [0.3, 0.4) is 0 Å². The number of imide groups is 1. The van der Waals surface area contributed by atoms with E-state index in [2.05, 4.69) is 66.9 Å². The summed E-state index contributed by atoms with van der Waals surface area (Å²) in [5.41, 5.74) is 8.82. The van der Waals surface area contributed by atoms with Crippen LogP contribution >= 0.6 is 0 Å². The molecule has 13 nitrogen and oxygen atoms in total. The Hall–Kier alpha value is -6.08. The van der Waals surface area contributed by atoms with Gasteiger partial charge < -0.3 is 25.2 Å². The summed E-state index contributed by atoms with van der Waals surface area (Å²) in [5.74, 6) is 0.629. The van der Waals surface area contributed by atoms with E-state index in [4.69, 9.17) is 9.72 Å². The predicted octanol–water partition coefficient (Wildman–Crippen LogP) is 4.64. The average Bonchev–Trinajstić information content (AvgIpc) is 3.19. The largest absolute Gasteiger partial charge is 0.474 e. The zero-order chi connectivity index (χ0) is 37.5. The highest BCUT2D eigenvalue weighted by molar-refractivity contribution is 6.01. The number of pyridine rings is 1. The van der Waals surface area contributed by atoms with Gasteiger partial charge in [0.2, 0.25) is 29.5 Å². The summed E-state index contributed by atoms with van der Waals surface area (Å²) in [5, 5.41) is 10.1. The Morgan fingerprint density at radius 2 is 1.75 bits per heavy atom. The Kier molecular flexibility index (Phi) is 9.22. The van der Waals surface area contributed by atoms with Crippen LogP contribution in [0.4, 0.5) is 23.0 Å². The van der Waals surface area contributed by atoms with E-state index < -0.39 is 0 Å². The van der Waals surface area contributed by atoms with Crippen LogP contribution in [0.5, 0.6) is 5.88 Å². The van der Waals surface area contributed by atoms with Crippen LogP contribution < -0.4 is 25.6 Å². The smallest absolute Gasteiger partial charge is 0.237 e. The third-order valence-electron chi connectivity index (χ3n) is 11.4. The monoisotopic (exact) mass is 737 g/mol. The number of nitrogens with zero attached hydrogens (tertiary/aromatic N) is 6. The van der Waals surface area contributed by atoms with Crippen LogP contribution in [0.15, 0.2) is 79.1 Å². The van der Waals surface area contributed by atoms with Crippen LogP contribution in [-0.2, 0) is 20.8 Å². The molecule has 2 aromatic heterocycles. The lowest BCUT2D eigenvalue weighted by Crippen LogP contribution is -2.63. The molecule has 0 spiro atoms. The Morgan fingerprint density at radius 1 is 0.945 bits per heavy atom. The second-order valence-electron chi connectivity index (χ2n) is 14.8. The lowest BCUT2D eigenvalue weighted by atomic mass is 9.90. The molecule has 9 rings (SSSR count). The Labute approximate surface area is 319 Å². The van der Waals surface area contributed by atoms with Gasteiger partial charge in [-0.15, -0.1) is 0 Å². The fourth-order valence-corrected chi connectivity index (χ4v) is 8.05. The molecule has 0 bridgehead atoms. The van der Waals surface area contributed by atoms with Gasteiger partial charge in [0.25, 0.3) is 0 Å². The van der Waals surface area contributed by atoms with Crippen molar-refractivity contribution in [2.45, 2.75) is 38.1 Å². The Morgan fingerprint density at radius 3 is 2.53 bits per heavy atom. The van der Waals surface area contributed by atoms with Gasteiger partial charge in [-0.3, -0.25) is 24.6 Å². The van der Waals surface area contributed by atoms with Gasteiger partial charge in [0, 0.05) is 93.0 Å². The van der Waals surface area contributed by atoms with Crippen LogP contribution in [0, 0.1) is 6.92 Å². The molecule has 4 aliphatic rings. The minimum absolute atomic E-state index is 0.146. The van der Waals surface area contributed by atoms with Crippen molar-refractivity contribution < 1.29 is 19.1 Å². The number of carbonyl (C=O) groups excluding carboxylic acids is 3. The van der Waals surface area contributed by atoms with Gasteiger partial charge in [-0.25, -0.2) is 15.0 Å². The van der Waals surface area contributed by atoms with Crippen LogP contribution in [0.2, 0.25) is 0 Å². The normalized spacial score (nSPS) is 18.9. The van der Waals surface area contributed by atoms with Crippen molar-refractivity contribution in [3.63, 3.8) is 0 Å². The van der Waals surface area contributed by atoms with E-state index in [1.54, 1.807) is 0 Å². The van der Waals surface area contributed by atoms with Gasteiger partial charge >= 0.3 is 0 Å². The van der Waals surface area contributed by atoms with E-state index in [0.717, 1.165) is 102 Å². The molecule has 1 atom stereocenters. The molecule has 5 aromatic rings. The first-order valence-corrected chi connectivity index (χ1v) is 19.0. The molecular weight excluding hydrogens is 695 g/mol. The number of piperazine rings is 1. The molecule has 3 aromatic carbocycles. The minimum atomic E-state index is -0.262. The highest BCUT2D eigenvalue weighted by atomic mass is 16.5. The van der Waals surface area contributed by atoms with Crippen molar-refractivity contribution in [2.24, 2.45) is 0 Å². The second-order valence-corrected chi connectivity index (χ2v) is 14.8. The average molecular weight is 738 g/mol. The van der Waals surface area contributed by atoms with E-state index >= 15 is 0 Å². The summed E-state index contributed by atoms with van der Waals surface area (Å²) in [6.07, 6.45) is 4.98. The summed E-state index contributed by atoms with van der Waals surface area (Å²) in [7, 11) is 0. The molecule has 1 unspecified atom stereocenters. The first-order chi connectivity index (χ1) is 26.8. The molecule has 0 saturated carbocycles. The number of benzene rings is 3. The van der Waals surface area contributed by atoms with Crippen molar-refractivity contribution in [1.82, 2.24) is 30.1 Å². The number of aromatic nitrogens is 3. The lowest BCUT2D eigenvalue weighted by molar-refractivity contribution is -0.134. The molecule has 0 radical (unpaired) electrons. The molecule has 55 heavy (non-hydrogen) atoms. The zero-order valence-corrected chi connectivity index (χ0v) is 30.8. The van der Waals surface area contributed by atoms with E-state index in [9.17, 15) is 14.4 Å². The number of nitrogens with one attached hydrogen (secondary N) is 3. The zero-order valence-electron chi connectivity index (χ0n) is 30.8. The Bertz CT molecular complexity index is 2270. The van der Waals surface area contributed by atoms with Gasteiger partial charge in [0.15, 0.2) is 0 Å². The van der Waals surface area contributed by atoms with Gasteiger partial charge in [-0.2, -0.15) is 0 Å². The molecule has 3 fully saturated rings. The fraction of sp³-hybridized carbons (Fsp3) is 0.333. The molecule has 0 aliphatic carbocycles. The first-order valence-electron chi connectivity index (χ1n) is 19.0. The number of rotatable bonds is 8. The van der Waals surface area contributed by atoms with Crippen molar-refractivity contribution in [1.29, 1.82) is 0 Å². The molecule has 4 aliphatic heterocycles. The molecule has 3 amide bonds. The maximum atomic E-state index is 13.3.